The van der Waals surface area contributed by atoms with Crippen LogP contribution in [0.1, 0.15) is 11.1 Å². The van der Waals surface area contributed by atoms with Gasteiger partial charge in [0.15, 0.2) is 5.82 Å². The van der Waals surface area contributed by atoms with Gasteiger partial charge in [-0.3, -0.25) is 10.1 Å². The van der Waals surface area contributed by atoms with E-state index in [-0.39, 0.29) is 0 Å². The van der Waals surface area contributed by atoms with Crippen molar-refractivity contribution in [1.82, 2.24) is 10.2 Å². The second-order valence-electron chi connectivity index (χ2n) is 5.45. The lowest BCUT2D eigenvalue weighted by Crippen LogP contribution is -2.20. The molecule has 0 aromatic heterocycles. The Balaban J connectivity index is 1.85. The first kappa shape index (κ1) is 16.3. The summed E-state index contributed by atoms with van der Waals surface area (Å²) in [5, 5.41) is 13.9. The SMILES string of the molecule is O=[N+]([O-])/C=C1/NC/C(=C\c2ccccc2)N1CC#Cc1ccccc1. The van der Waals surface area contributed by atoms with Gasteiger partial charge in [-0.2, -0.15) is 0 Å². The lowest BCUT2D eigenvalue weighted by Gasteiger charge is -2.15. The smallest absolute Gasteiger partial charge is 0.274 e. The predicted molar refractivity (Wildman–Crippen MR) is 97.5 cm³/mol. The Morgan fingerprint density at radius 3 is 2.48 bits per heavy atom. The van der Waals surface area contributed by atoms with Crippen LogP contribution in [0.2, 0.25) is 0 Å². The van der Waals surface area contributed by atoms with Gasteiger partial charge in [0.25, 0.3) is 6.20 Å². The molecule has 0 unspecified atom stereocenters. The Morgan fingerprint density at radius 1 is 1.12 bits per heavy atom. The minimum atomic E-state index is -0.453. The zero-order chi connectivity index (χ0) is 17.5. The highest BCUT2D eigenvalue weighted by atomic mass is 16.6. The molecule has 124 valence electrons. The normalized spacial score (nSPS) is 16.4. The summed E-state index contributed by atoms with van der Waals surface area (Å²) in [4.78, 5) is 12.3. The summed E-state index contributed by atoms with van der Waals surface area (Å²) in [5.74, 6) is 6.63. The average Bonchev–Trinajstić information content (AvgIpc) is 2.98. The van der Waals surface area contributed by atoms with Gasteiger partial charge in [0.05, 0.1) is 18.0 Å². The van der Waals surface area contributed by atoms with Crippen LogP contribution in [0, 0.1) is 22.0 Å². The Hall–Kier alpha value is -3.52. The Kier molecular flexibility index (Phi) is 5.13. The second-order valence-corrected chi connectivity index (χ2v) is 5.45. The first-order valence-electron chi connectivity index (χ1n) is 7.88. The number of rotatable bonds is 3. The van der Waals surface area contributed by atoms with Crippen molar-refractivity contribution in [2.75, 3.05) is 13.1 Å². The molecule has 25 heavy (non-hydrogen) atoms. The Bertz CT molecular complexity index is 862. The zero-order valence-electron chi connectivity index (χ0n) is 13.6. The minimum absolute atomic E-state index is 0.375. The average molecular weight is 331 g/mol. The van der Waals surface area contributed by atoms with E-state index < -0.39 is 4.92 Å². The molecule has 1 saturated heterocycles. The molecule has 1 fully saturated rings. The molecule has 1 aliphatic rings. The summed E-state index contributed by atoms with van der Waals surface area (Å²) in [6, 6.07) is 19.5. The van der Waals surface area contributed by atoms with Crippen LogP contribution in [-0.4, -0.2) is 22.9 Å². The van der Waals surface area contributed by atoms with Crippen molar-refractivity contribution in [3.8, 4) is 11.8 Å². The molecule has 0 bridgehead atoms. The number of nitrogens with zero attached hydrogens (tertiary/aromatic N) is 2. The summed E-state index contributed by atoms with van der Waals surface area (Å²) < 4.78 is 0. The van der Waals surface area contributed by atoms with E-state index in [2.05, 4.69) is 17.2 Å². The first-order chi connectivity index (χ1) is 12.2. The maximum Gasteiger partial charge on any atom is 0.274 e. The van der Waals surface area contributed by atoms with Gasteiger partial charge >= 0.3 is 0 Å². The molecule has 0 radical (unpaired) electrons. The fourth-order valence-corrected chi connectivity index (χ4v) is 2.54. The monoisotopic (exact) mass is 331 g/mol. The summed E-state index contributed by atoms with van der Waals surface area (Å²) >= 11 is 0. The second kappa shape index (κ2) is 7.84. The molecule has 3 rings (SSSR count). The lowest BCUT2D eigenvalue weighted by atomic mass is 10.2. The van der Waals surface area contributed by atoms with Crippen LogP contribution in [0.25, 0.3) is 6.08 Å². The van der Waals surface area contributed by atoms with Gasteiger partial charge < -0.3 is 10.2 Å². The highest BCUT2D eigenvalue weighted by Crippen LogP contribution is 2.20. The van der Waals surface area contributed by atoms with Crippen LogP contribution < -0.4 is 5.32 Å². The number of hydrogen-bond acceptors (Lipinski definition) is 4. The topological polar surface area (TPSA) is 58.4 Å². The van der Waals surface area contributed by atoms with Crippen molar-refractivity contribution in [2.45, 2.75) is 0 Å². The standard InChI is InChI=1S/C20H17N3O2/c24-23(25)16-20-21-15-19(14-18-10-5-2-6-11-18)22(20)13-7-12-17-8-3-1-4-9-17/h1-6,8-11,14,16,21H,13,15H2/b19-14+,20-16-. The van der Waals surface area contributed by atoms with Crippen molar-refractivity contribution in [2.24, 2.45) is 0 Å². The number of nitro groups is 1. The third kappa shape index (κ3) is 4.49. The molecular formula is C20H17N3O2. The molecule has 0 spiro atoms. The molecule has 1 N–H and O–H groups in total. The number of hydrogen-bond donors (Lipinski definition) is 1. The summed E-state index contributed by atoms with van der Waals surface area (Å²) in [6.07, 6.45) is 2.99. The molecule has 5 heteroatoms. The highest BCUT2D eigenvalue weighted by Gasteiger charge is 2.23. The molecule has 0 atom stereocenters. The molecule has 0 saturated carbocycles. The van der Waals surface area contributed by atoms with Crippen LogP contribution in [-0.2, 0) is 0 Å². The van der Waals surface area contributed by atoms with Gasteiger partial charge in [0, 0.05) is 11.3 Å². The highest BCUT2D eigenvalue weighted by molar-refractivity contribution is 5.54. The molecule has 5 nitrogen and oxygen atoms in total. The van der Waals surface area contributed by atoms with E-state index in [1.807, 2.05) is 71.6 Å². The van der Waals surface area contributed by atoms with E-state index in [1.54, 1.807) is 0 Å². The zero-order valence-corrected chi connectivity index (χ0v) is 13.6. The van der Waals surface area contributed by atoms with Crippen LogP contribution >= 0.6 is 0 Å². The van der Waals surface area contributed by atoms with Crippen LogP contribution in [0.15, 0.2) is 78.4 Å². The Morgan fingerprint density at radius 2 is 1.80 bits per heavy atom. The van der Waals surface area contributed by atoms with Gasteiger partial charge in [0.1, 0.15) is 0 Å². The molecule has 0 aliphatic carbocycles. The third-order valence-electron chi connectivity index (χ3n) is 3.69. The van der Waals surface area contributed by atoms with E-state index in [9.17, 15) is 10.1 Å². The molecule has 1 heterocycles. The molecule has 2 aromatic carbocycles. The fraction of sp³-hybridized carbons (Fsp3) is 0.100. The van der Waals surface area contributed by atoms with Gasteiger partial charge in [-0.25, -0.2) is 0 Å². The van der Waals surface area contributed by atoms with E-state index in [1.165, 1.54) is 0 Å². The summed E-state index contributed by atoms with van der Waals surface area (Å²) in [7, 11) is 0. The largest absolute Gasteiger partial charge is 0.361 e. The lowest BCUT2D eigenvalue weighted by molar-refractivity contribution is -0.404. The summed E-state index contributed by atoms with van der Waals surface area (Å²) in [6.45, 7) is 0.905. The Labute approximate surface area is 146 Å². The molecule has 1 aliphatic heterocycles. The van der Waals surface area contributed by atoms with Crippen molar-refractivity contribution in [1.29, 1.82) is 0 Å². The van der Waals surface area contributed by atoms with Crippen molar-refractivity contribution in [3.05, 3.63) is 99.6 Å². The van der Waals surface area contributed by atoms with Gasteiger partial charge in [-0.05, 0) is 23.8 Å². The predicted octanol–water partition coefficient (Wildman–Crippen LogP) is 3.06. The quantitative estimate of drug-likeness (QED) is 0.533. The van der Waals surface area contributed by atoms with Crippen molar-refractivity contribution in [3.63, 3.8) is 0 Å². The van der Waals surface area contributed by atoms with E-state index in [4.69, 9.17) is 0 Å². The van der Waals surface area contributed by atoms with Crippen molar-refractivity contribution < 1.29 is 4.92 Å². The van der Waals surface area contributed by atoms with E-state index in [0.717, 1.165) is 23.0 Å². The minimum Gasteiger partial charge on any atom is -0.361 e. The number of nitrogens with one attached hydrogen (secondary N) is 1. The van der Waals surface area contributed by atoms with Gasteiger partial charge in [-0.1, -0.05) is 60.4 Å². The number of benzene rings is 2. The van der Waals surface area contributed by atoms with E-state index in [0.29, 0.717) is 18.9 Å². The molecule has 2 aromatic rings. The maximum atomic E-state index is 10.9. The molecule has 0 amide bonds. The van der Waals surface area contributed by atoms with Crippen molar-refractivity contribution >= 4 is 6.08 Å². The van der Waals surface area contributed by atoms with E-state index >= 15 is 0 Å². The maximum absolute atomic E-state index is 10.9. The van der Waals surface area contributed by atoms with Gasteiger partial charge in [-0.15, -0.1) is 0 Å². The third-order valence-corrected chi connectivity index (χ3v) is 3.69. The van der Waals surface area contributed by atoms with Crippen LogP contribution in [0.3, 0.4) is 0 Å². The van der Waals surface area contributed by atoms with Crippen LogP contribution in [0.5, 0.6) is 0 Å². The summed E-state index contributed by atoms with van der Waals surface area (Å²) in [5.41, 5.74) is 2.91. The molecular weight excluding hydrogens is 314 g/mol. The van der Waals surface area contributed by atoms with Crippen LogP contribution in [0.4, 0.5) is 0 Å². The first-order valence-corrected chi connectivity index (χ1v) is 7.88. The fourth-order valence-electron chi connectivity index (χ4n) is 2.54. The van der Waals surface area contributed by atoms with Gasteiger partial charge in [0.2, 0.25) is 0 Å².